The van der Waals surface area contributed by atoms with Crippen LogP contribution in [0.3, 0.4) is 0 Å². The summed E-state index contributed by atoms with van der Waals surface area (Å²) in [7, 11) is 1.39. The molecule has 3 aromatic rings. The third-order valence-corrected chi connectivity index (χ3v) is 4.88. The fourth-order valence-corrected chi connectivity index (χ4v) is 3.48. The molecule has 0 spiro atoms. The molecule has 1 aliphatic rings. The van der Waals surface area contributed by atoms with E-state index in [1.54, 1.807) is 4.90 Å². The number of aromatic nitrogens is 2. The van der Waals surface area contributed by atoms with Crippen LogP contribution in [0, 0.1) is 17.5 Å². The minimum Gasteiger partial charge on any atom is -0.477 e. The summed E-state index contributed by atoms with van der Waals surface area (Å²) in [5, 5.41) is 12.9. The van der Waals surface area contributed by atoms with E-state index in [2.05, 4.69) is 10.1 Å². The number of benzene rings is 1. The molecule has 0 saturated carbocycles. The number of carboxylic acid groups (broad SMARTS) is 1. The van der Waals surface area contributed by atoms with Crippen molar-refractivity contribution in [1.29, 1.82) is 0 Å². The number of carboxylic acids is 1. The van der Waals surface area contributed by atoms with Gasteiger partial charge in [0.2, 0.25) is 5.43 Å². The lowest BCUT2D eigenvalue weighted by Crippen LogP contribution is -2.24. The Hall–Kier alpha value is -3.89. The van der Waals surface area contributed by atoms with Crippen LogP contribution in [0.5, 0.6) is 0 Å². The van der Waals surface area contributed by atoms with Gasteiger partial charge in [0, 0.05) is 25.2 Å². The highest BCUT2D eigenvalue weighted by Crippen LogP contribution is 2.26. The van der Waals surface area contributed by atoms with Gasteiger partial charge < -0.3 is 14.8 Å². The second-order valence-corrected chi connectivity index (χ2v) is 6.82. The van der Waals surface area contributed by atoms with Crippen LogP contribution in [0.25, 0.3) is 16.7 Å². The number of anilines is 1. The average Bonchev–Trinajstić information content (AvgIpc) is 3.17. The Morgan fingerprint density at radius 3 is 2.68 bits per heavy atom. The molecule has 1 fully saturated rings. The summed E-state index contributed by atoms with van der Waals surface area (Å²) in [6.45, 7) is 0.603. The zero-order valence-corrected chi connectivity index (χ0v) is 16.1. The molecular weight excluding hydrogens is 417 g/mol. The molecule has 3 heterocycles. The van der Waals surface area contributed by atoms with Gasteiger partial charge >= 0.3 is 5.97 Å². The van der Waals surface area contributed by atoms with Crippen molar-refractivity contribution in [3.05, 3.63) is 63.7 Å². The summed E-state index contributed by atoms with van der Waals surface area (Å²) in [4.78, 5) is 34.7. The first-order valence-corrected chi connectivity index (χ1v) is 9.08. The minimum atomic E-state index is -1.58. The molecule has 0 aliphatic carbocycles. The van der Waals surface area contributed by atoms with Gasteiger partial charge in [-0.15, -0.1) is 0 Å². The zero-order valence-electron chi connectivity index (χ0n) is 16.1. The number of halogens is 3. The Morgan fingerprint density at radius 2 is 2.00 bits per heavy atom. The zero-order chi connectivity index (χ0) is 22.3. The van der Waals surface area contributed by atoms with Crippen molar-refractivity contribution in [3.8, 4) is 5.69 Å². The second kappa shape index (κ2) is 7.74. The van der Waals surface area contributed by atoms with Gasteiger partial charge in [-0.1, -0.05) is 5.16 Å². The fourth-order valence-electron chi connectivity index (χ4n) is 3.48. The standard InChI is InChI=1S/C20H15F3N4O4/c1-31-25-11-4-5-26(8-11)19-15(23)7-12-17(28)13(20(29)30)9-27(18(12)24-19)16-3-2-10(21)6-14(16)22/h2-3,6-7,9H,4-5,8H2,1H3,(H,29,30)/b25-11-. The molecule has 1 saturated heterocycles. The van der Waals surface area contributed by atoms with Crippen LogP contribution < -0.4 is 10.3 Å². The molecule has 0 amide bonds. The second-order valence-electron chi connectivity index (χ2n) is 6.82. The molecule has 1 aromatic carbocycles. The predicted octanol–water partition coefficient (Wildman–Crippen LogP) is 2.71. The average molecular weight is 432 g/mol. The van der Waals surface area contributed by atoms with Gasteiger partial charge in [0.25, 0.3) is 0 Å². The van der Waals surface area contributed by atoms with Crippen LogP contribution in [-0.4, -0.2) is 46.5 Å². The number of hydrogen-bond acceptors (Lipinski definition) is 6. The van der Waals surface area contributed by atoms with Crippen LogP contribution >= 0.6 is 0 Å². The molecule has 2 aromatic heterocycles. The lowest BCUT2D eigenvalue weighted by Gasteiger charge is -2.19. The summed E-state index contributed by atoms with van der Waals surface area (Å²) in [6, 6.07) is 3.53. The lowest BCUT2D eigenvalue weighted by atomic mass is 10.1. The van der Waals surface area contributed by atoms with Gasteiger partial charge in [-0.3, -0.25) is 9.36 Å². The lowest BCUT2D eigenvalue weighted by molar-refractivity contribution is 0.0695. The third kappa shape index (κ3) is 3.58. The van der Waals surface area contributed by atoms with E-state index >= 15 is 0 Å². The molecule has 0 bridgehead atoms. The molecule has 1 aliphatic heterocycles. The Balaban J connectivity index is 1.99. The normalized spacial score (nSPS) is 15.1. The molecule has 4 rings (SSSR count). The van der Waals surface area contributed by atoms with E-state index in [0.717, 1.165) is 29.0 Å². The minimum absolute atomic E-state index is 0.118. The van der Waals surface area contributed by atoms with E-state index < -0.39 is 34.4 Å². The van der Waals surface area contributed by atoms with Crippen molar-refractivity contribution in [3.63, 3.8) is 0 Å². The van der Waals surface area contributed by atoms with Crippen molar-refractivity contribution >= 4 is 28.5 Å². The maximum absolute atomic E-state index is 14.9. The van der Waals surface area contributed by atoms with Gasteiger partial charge in [-0.25, -0.2) is 22.9 Å². The van der Waals surface area contributed by atoms with Crippen molar-refractivity contribution < 1.29 is 27.9 Å². The number of aromatic carboxylic acids is 1. The van der Waals surface area contributed by atoms with Gasteiger partial charge in [0.1, 0.15) is 24.3 Å². The summed E-state index contributed by atoms with van der Waals surface area (Å²) in [6.07, 6.45) is 1.39. The number of fused-ring (bicyclic) bond motifs is 1. The Bertz CT molecular complexity index is 1310. The summed E-state index contributed by atoms with van der Waals surface area (Å²) in [5.41, 5.74) is -1.44. The first-order valence-electron chi connectivity index (χ1n) is 9.08. The third-order valence-electron chi connectivity index (χ3n) is 4.88. The summed E-state index contributed by atoms with van der Waals surface area (Å²) in [5.74, 6) is -4.39. The molecule has 8 nitrogen and oxygen atoms in total. The van der Waals surface area contributed by atoms with Crippen LogP contribution in [0.4, 0.5) is 19.0 Å². The number of hydrogen-bond donors (Lipinski definition) is 1. The fraction of sp³-hybridized carbons (Fsp3) is 0.200. The first kappa shape index (κ1) is 20.4. The van der Waals surface area contributed by atoms with Crippen molar-refractivity contribution in [2.45, 2.75) is 6.42 Å². The Morgan fingerprint density at radius 1 is 1.23 bits per heavy atom. The number of oxime groups is 1. The van der Waals surface area contributed by atoms with Crippen molar-refractivity contribution in [2.24, 2.45) is 5.16 Å². The maximum Gasteiger partial charge on any atom is 0.341 e. The topological polar surface area (TPSA) is 97.0 Å². The Labute approximate surface area is 172 Å². The maximum atomic E-state index is 14.9. The van der Waals surface area contributed by atoms with E-state index in [4.69, 9.17) is 4.84 Å². The molecular formula is C20H15F3N4O4. The largest absolute Gasteiger partial charge is 0.477 e. The van der Waals surface area contributed by atoms with Gasteiger partial charge in [0.15, 0.2) is 17.3 Å². The van der Waals surface area contributed by atoms with Crippen LogP contribution in [0.1, 0.15) is 16.8 Å². The smallest absolute Gasteiger partial charge is 0.341 e. The highest BCUT2D eigenvalue weighted by Gasteiger charge is 2.26. The molecule has 0 atom stereocenters. The Kier molecular flexibility index (Phi) is 5.09. The van der Waals surface area contributed by atoms with Crippen LogP contribution in [0.2, 0.25) is 0 Å². The van der Waals surface area contributed by atoms with E-state index in [-0.39, 0.29) is 29.1 Å². The molecule has 1 N–H and O–H groups in total. The quantitative estimate of drug-likeness (QED) is 0.637. The molecule has 0 unspecified atom stereocenters. The highest BCUT2D eigenvalue weighted by molar-refractivity contribution is 5.94. The van der Waals surface area contributed by atoms with Crippen molar-refractivity contribution in [2.75, 3.05) is 25.1 Å². The van der Waals surface area contributed by atoms with E-state index in [1.807, 2.05) is 0 Å². The van der Waals surface area contributed by atoms with Gasteiger partial charge in [-0.05, 0) is 18.2 Å². The van der Waals surface area contributed by atoms with E-state index in [0.29, 0.717) is 24.7 Å². The van der Waals surface area contributed by atoms with Crippen molar-refractivity contribution in [1.82, 2.24) is 9.55 Å². The summed E-state index contributed by atoms with van der Waals surface area (Å²) >= 11 is 0. The van der Waals surface area contributed by atoms with Crippen LogP contribution in [-0.2, 0) is 4.84 Å². The van der Waals surface area contributed by atoms with E-state index in [9.17, 15) is 27.9 Å². The highest BCUT2D eigenvalue weighted by atomic mass is 19.1. The van der Waals surface area contributed by atoms with Crippen LogP contribution in [0.15, 0.2) is 40.4 Å². The molecule has 160 valence electrons. The molecule has 0 radical (unpaired) electrons. The predicted molar refractivity (Wildman–Crippen MR) is 105 cm³/mol. The molecule has 11 heteroatoms. The number of pyridine rings is 2. The van der Waals surface area contributed by atoms with Gasteiger partial charge in [0.05, 0.1) is 23.3 Å². The van der Waals surface area contributed by atoms with Gasteiger partial charge in [-0.2, -0.15) is 0 Å². The first-order chi connectivity index (χ1) is 14.8. The summed E-state index contributed by atoms with van der Waals surface area (Å²) < 4.78 is 43.7. The number of nitrogens with zero attached hydrogens (tertiary/aromatic N) is 4. The SMILES string of the molecule is CO/N=C1/CCN(c2nc3c(cc2F)c(=O)c(C(=O)O)cn3-c2ccc(F)cc2F)C1. The molecule has 31 heavy (non-hydrogen) atoms. The van der Waals surface area contributed by atoms with E-state index in [1.165, 1.54) is 7.11 Å². The number of carbonyl (C=O) groups is 1. The number of rotatable bonds is 4. The monoisotopic (exact) mass is 432 g/mol.